The van der Waals surface area contributed by atoms with E-state index < -0.39 is 5.60 Å². The maximum Gasteiger partial charge on any atom is 0.407 e. The standard InChI is InChI=1S/C14H28N2O3/c1-11(15-13(18)19-14(2,3)4)12-7-5-6-8-16(12)9-10-17/h11-12,17H,5-10H2,1-4H3,(H,15,18)/t11-,12-/m1/s1. The molecule has 1 heterocycles. The molecule has 1 saturated heterocycles. The molecular formula is C14H28N2O3. The molecule has 2 atom stereocenters. The third-order valence-corrected chi connectivity index (χ3v) is 3.37. The lowest BCUT2D eigenvalue weighted by Crippen LogP contribution is -2.53. The Balaban J connectivity index is 2.50. The molecule has 0 saturated carbocycles. The molecule has 0 aromatic carbocycles. The van der Waals surface area contributed by atoms with Gasteiger partial charge in [0, 0.05) is 18.6 Å². The van der Waals surface area contributed by atoms with E-state index in [1.807, 2.05) is 27.7 Å². The quantitative estimate of drug-likeness (QED) is 0.818. The van der Waals surface area contributed by atoms with Crippen LogP contribution in [0.25, 0.3) is 0 Å². The van der Waals surface area contributed by atoms with E-state index in [2.05, 4.69) is 10.2 Å². The molecule has 112 valence electrons. The summed E-state index contributed by atoms with van der Waals surface area (Å²) in [5.41, 5.74) is -0.471. The van der Waals surface area contributed by atoms with E-state index >= 15 is 0 Å². The largest absolute Gasteiger partial charge is 0.444 e. The van der Waals surface area contributed by atoms with Gasteiger partial charge in [-0.3, -0.25) is 4.90 Å². The van der Waals surface area contributed by atoms with Crippen LogP contribution < -0.4 is 5.32 Å². The maximum absolute atomic E-state index is 11.8. The first kappa shape index (κ1) is 16.2. The zero-order chi connectivity index (χ0) is 14.5. The molecule has 0 spiro atoms. The Labute approximate surface area is 116 Å². The molecule has 1 rings (SSSR count). The van der Waals surface area contributed by atoms with E-state index in [0.29, 0.717) is 6.54 Å². The van der Waals surface area contributed by atoms with Crippen molar-refractivity contribution in [2.24, 2.45) is 0 Å². The number of hydrogen-bond donors (Lipinski definition) is 2. The fourth-order valence-electron chi connectivity index (χ4n) is 2.58. The molecular weight excluding hydrogens is 244 g/mol. The van der Waals surface area contributed by atoms with Crippen LogP contribution in [-0.4, -0.2) is 53.5 Å². The number of alkyl carbamates (subject to hydrolysis) is 1. The van der Waals surface area contributed by atoms with Crippen molar-refractivity contribution < 1.29 is 14.6 Å². The van der Waals surface area contributed by atoms with Crippen molar-refractivity contribution in [3.8, 4) is 0 Å². The molecule has 5 nitrogen and oxygen atoms in total. The lowest BCUT2D eigenvalue weighted by Gasteiger charge is -2.39. The Kier molecular flexibility index (Phi) is 6.07. The van der Waals surface area contributed by atoms with Crippen LogP contribution in [0, 0.1) is 0 Å². The van der Waals surface area contributed by atoms with E-state index in [0.717, 1.165) is 19.4 Å². The molecule has 0 aliphatic carbocycles. The van der Waals surface area contributed by atoms with Gasteiger partial charge in [-0.25, -0.2) is 4.79 Å². The van der Waals surface area contributed by atoms with Gasteiger partial charge >= 0.3 is 6.09 Å². The van der Waals surface area contributed by atoms with Gasteiger partial charge in [0.15, 0.2) is 0 Å². The molecule has 5 heteroatoms. The van der Waals surface area contributed by atoms with Crippen LogP contribution in [-0.2, 0) is 4.74 Å². The van der Waals surface area contributed by atoms with Crippen LogP contribution in [0.5, 0.6) is 0 Å². The van der Waals surface area contributed by atoms with Crippen LogP contribution in [0.2, 0.25) is 0 Å². The molecule has 1 aliphatic heterocycles. The Morgan fingerprint density at radius 3 is 2.74 bits per heavy atom. The van der Waals surface area contributed by atoms with Gasteiger partial charge < -0.3 is 15.2 Å². The number of hydrogen-bond acceptors (Lipinski definition) is 4. The molecule has 1 amide bonds. The highest BCUT2D eigenvalue weighted by atomic mass is 16.6. The fraction of sp³-hybridized carbons (Fsp3) is 0.929. The minimum absolute atomic E-state index is 0.0294. The SMILES string of the molecule is C[C@@H](NC(=O)OC(C)(C)C)[C@H]1CCCCN1CCO. The zero-order valence-electron chi connectivity index (χ0n) is 12.6. The van der Waals surface area contributed by atoms with E-state index in [1.54, 1.807) is 0 Å². The second kappa shape index (κ2) is 7.10. The van der Waals surface area contributed by atoms with Crippen LogP contribution in [0.1, 0.15) is 47.0 Å². The summed E-state index contributed by atoms with van der Waals surface area (Å²) in [7, 11) is 0. The Morgan fingerprint density at radius 1 is 1.47 bits per heavy atom. The van der Waals surface area contributed by atoms with Crippen molar-refractivity contribution in [3.05, 3.63) is 0 Å². The number of aliphatic hydroxyl groups excluding tert-OH is 1. The number of β-amino-alcohol motifs (C(OH)–C–C–N with tert-alkyl or cyclic N) is 1. The number of likely N-dealkylation sites (tertiary alicyclic amines) is 1. The first-order valence-electron chi connectivity index (χ1n) is 7.18. The van der Waals surface area contributed by atoms with Crippen molar-refractivity contribution in [1.82, 2.24) is 10.2 Å². The molecule has 0 aromatic rings. The number of rotatable bonds is 4. The van der Waals surface area contributed by atoms with Gasteiger partial charge in [0.25, 0.3) is 0 Å². The minimum atomic E-state index is -0.471. The van der Waals surface area contributed by atoms with Crippen LogP contribution in [0.3, 0.4) is 0 Å². The number of carbonyl (C=O) groups excluding carboxylic acids is 1. The molecule has 0 unspecified atom stereocenters. The van der Waals surface area contributed by atoms with Gasteiger partial charge in [0.2, 0.25) is 0 Å². The molecule has 19 heavy (non-hydrogen) atoms. The second-order valence-electron chi connectivity index (χ2n) is 6.26. The van der Waals surface area contributed by atoms with Gasteiger partial charge in [-0.05, 0) is 47.1 Å². The highest BCUT2D eigenvalue weighted by Gasteiger charge is 2.28. The van der Waals surface area contributed by atoms with Gasteiger partial charge in [-0.2, -0.15) is 0 Å². The normalized spacial score (nSPS) is 22.9. The third kappa shape index (κ3) is 5.78. The summed E-state index contributed by atoms with van der Waals surface area (Å²) >= 11 is 0. The number of nitrogens with one attached hydrogen (secondary N) is 1. The van der Waals surface area contributed by atoms with Crippen molar-refractivity contribution in [2.45, 2.75) is 64.6 Å². The molecule has 0 radical (unpaired) electrons. The molecule has 2 N–H and O–H groups in total. The van der Waals surface area contributed by atoms with Crippen molar-refractivity contribution in [2.75, 3.05) is 19.7 Å². The van der Waals surface area contributed by atoms with Gasteiger partial charge in [-0.15, -0.1) is 0 Å². The summed E-state index contributed by atoms with van der Waals surface area (Å²) in [6.45, 7) is 9.40. The zero-order valence-corrected chi connectivity index (χ0v) is 12.6. The fourth-order valence-corrected chi connectivity index (χ4v) is 2.58. The first-order chi connectivity index (χ1) is 8.83. The molecule has 1 aliphatic rings. The number of carbonyl (C=O) groups is 1. The number of ether oxygens (including phenoxy) is 1. The van der Waals surface area contributed by atoms with Crippen LogP contribution in [0.15, 0.2) is 0 Å². The predicted octanol–water partition coefficient (Wildman–Crippen LogP) is 1.75. The van der Waals surface area contributed by atoms with Gasteiger partial charge in [0.1, 0.15) is 5.60 Å². The molecule has 1 fully saturated rings. The Morgan fingerprint density at radius 2 is 2.16 bits per heavy atom. The number of amides is 1. The smallest absolute Gasteiger partial charge is 0.407 e. The number of aliphatic hydroxyl groups is 1. The summed E-state index contributed by atoms with van der Waals surface area (Å²) in [5.74, 6) is 0. The van der Waals surface area contributed by atoms with Crippen LogP contribution >= 0.6 is 0 Å². The summed E-state index contributed by atoms with van der Waals surface area (Å²) < 4.78 is 5.28. The van der Waals surface area contributed by atoms with Crippen LogP contribution in [0.4, 0.5) is 4.79 Å². The summed E-state index contributed by atoms with van der Waals surface area (Å²) in [5, 5.41) is 12.0. The van der Waals surface area contributed by atoms with E-state index in [4.69, 9.17) is 9.84 Å². The van der Waals surface area contributed by atoms with Gasteiger partial charge in [-0.1, -0.05) is 6.42 Å². The summed E-state index contributed by atoms with van der Waals surface area (Å²) in [6.07, 6.45) is 3.02. The topological polar surface area (TPSA) is 61.8 Å². The van der Waals surface area contributed by atoms with Crippen molar-refractivity contribution >= 4 is 6.09 Å². The maximum atomic E-state index is 11.8. The predicted molar refractivity (Wildman–Crippen MR) is 75.1 cm³/mol. The van der Waals surface area contributed by atoms with E-state index in [9.17, 15) is 4.79 Å². The average molecular weight is 272 g/mol. The Bertz CT molecular complexity index is 287. The number of piperidine rings is 1. The van der Waals surface area contributed by atoms with Crippen molar-refractivity contribution in [3.63, 3.8) is 0 Å². The average Bonchev–Trinajstić information content (AvgIpc) is 2.27. The van der Waals surface area contributed by atoms with E-state index in [1.165, 1.54) is 6.42 Å². The third-order valence-electron chi connectivity index (χ3n) is 3.37. The summed E-state index contributed by atoms with van der Waals surface area (Å²) in [6, 6.07) is 0.315. The van der Waals surface area contributed by atoms with E-state index in [-0.39, 0.29) is 24.8 Å². The second-order valence-corrected chi connectivity index (χ2v) is 6.26. The van der Waals surface area contributed by atoms with Crippen molar-refractivity contribution in [1.29, 1.82) is 0 Å². The Hall–Kier alpha value is -0.810. The highest BCUT2D eigenvalue weighted by molar-refractivity contribution is 5.68. The minimum Gasteiger partial charge on any atom is -0.444 e. The summed E-state index contributed by atoms with van der Waals surface area (Å²) in [4.78, 5) is 14.0. The highest BCUT2D eigenvalue weighted by Crippen LogP contribution is 2.19. The lowest BCUT2D eigenvalue weighted by atomic mass is 9.96. The lowest BCUT2D eigenvalue weighted by molar-refractivity contribution is 0.0428. The monoisotopic (exact) mass is 272 g/mol. The molecule has 0 aromatic heterocycles. The molecule has 0 bridgehead atoms. The number of nitrogens with zero attached hydrogens (tertiary/aromatic N) is 1. The van der Waals surface area contributed by atoms with Gasteiger partial charge in [0.05, 0.1) is 6.61 Å². The first-order valence-corrected chi connectivity index (χ1v) is 7.18.